The van der Waals surface area contributed by atoms with E-state index in [2.05, 4.69) is 22.3 Å². The van der Waals surface area contributed by atoms with E-state index in [1.807, 2.05) is 12.1 Å². The molecule has 0 saturated carbocycles. The molecule has 2 nitrogen and oxygen atoms in total. The number of nitrogens with zero attached hydrogens (tertiary/aromatic N) is 1. The standard InChI is InChI=1S/C17H18F2N2/c18-14-3-8-17(19)13(11-14)12-20-15-4-6-16(7-5-15)21-9-1-2-10-21/h3-8,11,20H,1-2,9-10,12H2. The first-order valence-corrected chi connectivity index (χ1v) is 7.25. The van der Waals surface area contributed by atoms with Crippen molar-refractivity contribution in [3.8, 4) is 0 Å². The van der Waals surface area contributed by atoms with Gasteiger partial charge in [-0.25, -0.2) is 8.78 Å². The van der Waals surface area contributed by atoms with Gasteiger partial charge in [-0.15, -0.1) is 0 Å². The molecule has 1 aliphatic heterocycles. The molecular formula is C17H18F2N2. The van der Waals surface area contributed by atoms with E-state index in [9.17, 15) is 8.78 Å². The Morgan fingerprint density at radius 2 is 1.67 bits per heavy atom. The summed E-state index contributed by atoms with van der Waals surface area (Å²) in [7, 11) is 0. The van der Waals surface area contributed by atoms with Gasteiger partial charge in [0.15, 0.2) is 0 Å². The Bertz CT molecular complexity index is 605. The molecule has 0 atom stereocenters. The van der Waals surface area contributed by atoms with Crippen LogP contribution in [0.5, 0.6) is 0 Å². The van der Waals surface area contributed by atoms with Crippen molar-refractivity contribution in [3.63, 3.8) is 0 Å². The summed E-state index contributed by atoms with van der Waals surface area (Å²) in [6.45, 7) is 2.50. The Labute approximate surface area is 123 Å². The summed E-state index contributed by atoms with van der Waals surface area (Å²) in [6.07, 6.45) is 2.50. The van der Waals surface area contributed by atoms with E-state index in [4.69, 9.17) is 0 Å². The molecule has 0 spiro atoms. The molecule has 1 heterocycles. The molecule has 110 valence electrons. The zero-order chi connectivity index (χ0) is 14.7. The fourth-order valence-electron chi connectivity index (χ4n) is 2.64. The molecule has 1 saturated heterocycles. The molecule has 0 radical (unpaired) electrons. The lowest BCUT2D eigenvalue weighted by Gasteiger charge is -2.18. The second kappa shape index (κ2) is 6.12. The molecule has 1 fully saturated rings. The maximum Gasteiger partial charge on any atom is 0.128 e. The van der Waals surface area contributed by atoms with Gasteiger partial charge in [0, 0.05) is 36.6 Å². The van der Waals surface area contributed by atoms with Crippen LogP contribution in [-0.4, -0.2) is 13.1 Å². The van der Waals surface area contributed by atoms with Crippen molar-refractivity contribution in [1.29, 1.82) is 0 Å². The van der Waals surface area contributed by atoms with Gasteiger partial charge in [0.1, 0.15) is 11.6 Å². The van der Waals surface area contributed by atoms with Crippen molar-refractivity contribution >= 4 is 11.4 Å². The van der Waals surface area contributed by atoms with Gasteiger partial charge in [-0.1, -0.05) is 0 Å². The summed E-state index contributed by atoms with van der Waals surface area (Å²) in [5, 5.41) is 3.12. The number of hydrogen-bond donors (Lipinski definition) is 1. The third-order valence-electron chi connectivity index (χ3n) is 3.83. The minimum Gasteiger partial charge on any atom is -0.381 e. The lowest BCUT2D eigenvalue weighted by molar-refractivity contribution is 0.587. The van der Waals surface area contributed by atoms with Crippen LogP contribution in [0.15, 0.2) is 42.5 Å². The summed E-state index contributed by atoms with van der Waals surface area (Å²) in [6, 6.07) is 11.6. The lowest BCUT2D eigenvalue weighted by Crippen LogP contribution is -2.17. The topological polar surface area (TPSA) is 15.3 Å². The van der Waals surface area contributed by atoms with Crippen LogP contribution in [0.4, 0.5) is 20.2 Å². The summed E-state index contributed by atoms with van der Waals surface area (Å²) >= 11 is 0. The Hall–Kier alpha value is -2.10. The fraction of sp³-hybridized carbons (Fsp3) is 0.294. The zero-order valence-electron chi connectivity index (χ0n) is 11.8. The van der Waals surface area contributed by atoms with Gasteiger partial charge in [-0.05, 0) is 55.3 Å². The fourth-order valence-corrected chi connectivity index (χ4v) is 2.64. The Balaban J connectivity index is 1.64. The highest BCUT2D eigenvalue weighted by Crippen LogP contribution is 2.22. The Kier molecular flexibility index (Phi) is 4.04. The summed E-state index contributed by atoms with van der Waals surface area (Å²) in [5.41, 5.74) is 2.45. The van der Waals surface area contributed by atoms with E-state index in [-0.39, 0.29) is 6.54 Å². The van der Waals surface area contributed by atoms with Crippen molar-refractivity contribution in [2.24, 2.45) is 0 Å². The number of anilines is 2. The second-order valence-corrected chi connectivity index (χ2v) is 5.33. The van der Waals surface area contributed by atoms with Gasteiger partial charge in [0.2, 0.25) is 0 Å². The van der Waals surface area contributed by atoms with E-state index in [0.717, 1.165) is 30.9 Å². The van der Waals surface area contributed by atoms with Crippen LogP contribution in [0.1, 0.15) is 18.4 Å². The van der Waals surface area contributed by atoms with Crippen LogP contribution in [0.25, 0.3) is 0 Å². The van der Waals surface area contributed by atoms with E-state index < -0.39 is 11.6 Å². The van der Waals surface area contributed by atoms with E-state index in [1.165, 1.54) is 24.6 Å². The predicted molar refractivity (Wildman–Crippen MR) is 81.6 cm³/mol. The number of halogens is 2. The molecule has 0 bridgehead atoms. The third kappa shape index (κ3) is 3.32. The van der Waals surface area contributed by atoms with Gasteiger partial charge < -0.3 is 10.2 Å². The lowest BCUT2D eigenvalue weighted by atomic mass is 10.2. The highest BCUT2D eigenvalue weighted by Gasteiger charge is 2.11. The van der Waals surface area contributed by atoms with Crippen molar-refractivity contribution in [1.82, 2.24) is 0 Å². The summed E-state index contributed by atoms with van der Waals surface area (Å²) in [4.78, 5) is 2.36. The summed E-state index contributed by atoms with van der Waals surface area (Å²) < 4.78 is 26.6. The first-order valence-electron chi connectivity index (χ1n) is 7.25. The van der Waals surface area contributed by atoms with Crippen molar-refractivity contribution in [3.05, 3.63) is 59.7 Å². The Morgan fingerprint density at radius 3 is 2.38 bits per heavy atom. The SMILES string of the molecule is Fc1ccc(F)c(CNc2ccc(N3CCCC3)cc2)c1. The van der Waals surface area contributed by atoms with Crippen LogP contribution >= 0.6 is 0 Å². The van der Waals surface area contributed by atoms with Gasteiger partial charge in [0.05, 0.1) is 0 Å². The van der Waals surface area contributed by atoms with Gasteiger partial charge in [0.25, 0.3) is 0 Å². The molecule has 0 aromatic heterocycles. The first kappa shape index (κ1) is 13.9. The smallest absolute Gasteiger partial charge is 0.128 e. The van der Waals surface area contributed by atoms with Gasteiger partial charge in [-0.2, -0.15) is 0 Å². The van der Waals surface area contributed by atoms with E-state index >= 15 is 0 Å². The normalized spacial score (nSPS) is 14.5. The van der Waals surface area contributed by atoms with E-state index in [1.54, 1.807) is 0 Å². The van der Waals surface area contributed by atoms with Crippen LogP contribution in [0.3, 0.4) is 0 Å². The molecule has 2 aromatic rings. The van der Waals surface area contributed by atoms with E-state index in [0.29, 0.717) is 5.56 Å². The maximum atomic E-state index is 13.5. The molecule has 3 rings (SSSR count). The molecule has 1 N–H and O–H groups in total. The predicted octanol–water partition coefficient (Wildman–Crippen LogP) is 4.18. The van der Waals surface area contributed by atoms with Crippen LogP contribution in [0.2, 0.25) is 0 Å². The van der Waals surface area contributed by atoms with Crippen molar-refractivity contribution in [2.75, 3.05) is 23.3 Å². The quantitative estimate of drug-likeness (QED) is 0.908. The van der Waals surface area contributed by atoms with Crippen LogP contribution in [-0.2, 0) is 6.54 Å². The molecular weight excluding hydrogens is 270 g/mol. The molecule has 1 aliphatic rings. The number of benzene rings is 2. The monoisotopic (exact) mass is 288 g/mol. The molecule has 0 amide bonds. The second-order valence-electron chi connectivity index (χ2n) is 5.33. The average Bonchev–Trinajstić information content (AvgIpc) is 3.03. The van der Waals surface area contributed by atoms with Crippen molar-refractivity contribution < 1.29 is 8.78 Å². The largest absolute Gasteiger partial charge is 0.381 e. The van der Waals surface area contributed by atoms with Gasteiger partial charge in [-0.3, -0.25) is 0 Å². The highest BCUT2D eigenvalue weighted by atomic mass is 19.1. The number of rotatable bonds is 4. The molecule has 0 aliphatic carbocycles. The average molecular weight is 288 g/mol. The van der Waals surface area contributed by atoms with Crippen molar-refractivity contribution in [2.45, 2.75) is 19.4 Å². The zero-order valence-corrected chi connectivity index (χ0v) is 11.8. The first-order chi connectivity index (χ1) is 10.2. The maximum absolute atomic E-state index is 13.5. The highest BCUT2D eigenvalue weighted by molar-refractivity contribution is 5.55. The molecule has 2 aromatic carbocycles. The minimum atomic E-state index is -0.419. The number of hydrogen-bond acceptors (Lipinski definition) is 2. The molecule has 21 heavy (non-hydrogen) atoms. The van der Waals surface area contributed by atoms with Crippen LogP contribution < -0.4 is 10.2 Å². The Morgan fingerprint density at radius 1 is 0.952 bits per heavy atom. The molecule has 4 heteroatoms. The minimum absolute atomic E-state index is 0.270. The third-order valence-corrected chi connectivity index (χ3v) is 3.83. The number of nitrogens with one attached hydrogen (secondary N) is 1. The van der Waals surface area contributed by atoms with Gasteiger partial charge >= 0.3 is 0 Å². The summed E-state index contributed by atoms with van der Waals surface area (Å²) in [5.74, 6) is -0.810. The molecule has 0 unspecified atom stereocenters. The van der Waals surface area contributed by atoms with Crippen LogP contribution in [0, 0.1) is 11.6 Å².